The Bertz CT molecular complexity index is 366. The van der Waals surface area contributed by atoms with Gasteiger partial charge >= 0.3 is 0 Å². The Labute approximate surface area is 109 Å². The fourth-order valence-corrected chi connectivity index (χ4v) is 4.43. The topological polar surface area (TPSA) is 37.4 Å². The number of carbonyl (C=O) groups excluding carboxylic acids is 2. The average molecular weight is 249 g/mol. The monoisotopic (exact) mass is 249 g/mol. The van der Waals surface area contributed by atoms with Gasteiger partial charge in [0.15, 0.2) is 0 Å². The van der Waals surface area contributed by atoms with E-state index in [1.807, 2.05) is 4.90 Å². The third-order valence-electron chi connectivity index (χ3n) is 5.24. The second kappa shape index (κ2) is 4.67. The maximum atomic E-state index is 12.6. The molecule has 0 N–H and O–H groups in total. The zero-order chi connectivity index (χ0) is 12.7. The first kappa shape index (κ1) is 12.2. The van der Waals surface area contributed by atoms with E-state index in [9.17, 15) is 9.59 Å². The number of carbonyl (C=O) groups is 2. The zero-order valence-corrected chi connectivity index (χ0v) is 11.2. The molecule has 1 heterocycles. The Morgan fingerprint density at radius 2 is 2.00 bits per heavy atom. The third kappa shape index (κ3) is 2.08. The summed E-state index contributed by atoms with van der Waals surface area (Å²) < 4.78 is 0. The molecule has 0 spiro atoms. The van der Waals surface area contributed by atoms with E-state index in [-0.39, 0.29) is 17.7 Å². The Hall–Kier alpha value is -0.860. The van der Waals surface area contributed by atoms with Crippen LogP contribution < -0.4 is 0 Å². The number of fused-ring (bicyclic) bond motifs is 2. The number of hydrogen-bond donors (Lipinski definition) is 0. The molecule has 0 radical (unpaired) electrons. The predicted octanol–water partition coefficient (Wildman–Crippen LogP) is 2.39. The number of Topliss-reactive ketones (excluding diaryl/α,β-unsaturated/α-hetero) is 1. The molecule has 3 rings (SSSR count). The van der Waals surface area contributed by atoms with Crippen LogP contribution in [0.2, 0.25) is 0 Å². The van der Waals surface area contributed by atoms with Crippen LogP contribution in [0.1, 0.15) is 51.9 Å². The van der Waals surface area contributed by atoms with Crippen molar-refractivity contribution in [2.75, 3.05) is 6.54 Å². The van der Waals surface area contributed by atoms with Crippen LogP contribution in [-0.2, 0) is 9.59 Å². The lowest BCUT2D eigenvalue weighted by molar-refractivity contribution is -0.138. The molecule has 3 aliphatic rings. The number of likely N-dealkylation sites (tertiary alicyclic amines) is 1. The molecule has 4 unspecified atom stereocenters. The van der Waals surface area contributed by atoms with Crippen LogP contribution in [0.15, 0.2) is 0 Å². The summed E-state index contributed by atoms with van der Waals surface area (Å²) in [6.45, 7) is 2.52. The summed E-state index contributed by atoms with van der Waals surface area (Å²) in [4.78, 5) is 26.0. The predicted molar refractivity (Wildman–Crippen MR) is 69.0 cm³/mol. The fourth-order valence-electron chi connectivity index (χ4n) is 4.43. The lowest BCUT2D eigenvalue weighted by Gasteiger charge is -2.30. The van der Waals surface area contributed by atoms with Gasteiger partial charge in [-0.25, -0.2) is 0 Å². The van der Waals surface area contributed by atoms with E-state index in [1.54, 1.807) is 6.92 Å². The van der Waals surface area contributed by atoms with Gasteiger partial charge in [0, 0.05) is 24.9 Å². The van der Waals surface area contributed by atoms with E-state index in [1.165, 1.54) is 19.3 Å². The van der Waals surface area contributed by atoms with Crippen molar-refractivity contribution in [3.63, 3.8) is 0 Å². The van der Waals surface area contributed by atoms with Crippen LogP contribution in [0.5, 0.6) is 0 Å². The van der Waals surface area contributed by atoms with E-state index in [0.29, 0.717) is 18.2 Å². The largest absolute Gasteiger partial charge is 0.339 e. The van der Waals surface area contributed by atoms with Crippen LogP contribution in [-0.4, -0.2) is 29.2 Å². The molecule has 1 aliphatic heterocycles. The molecular formula is C15H23NO2. The first-order valence-corrected chi connectivity index (χ1v) is 7.45. The van der Waals surface area contributed by atoms with E-state index in [4.69, 9.17) is 0 Å². The molecule has 3 nitrogen and oxygen atoms in total. The maximum Gasteiger partial charge on any atom is 0.226 e. The molecule has 2 aliphatic carbocycles. The van der Waals surface area contributed by atoms with E-state index < -0.39 is 0 Å². The molecule has 0 aromatic heterocycles. The van der Waals surface area contributed by atoms with Crippen molar-refractivity contribution in [3.8, 4) is 0 Å². The SMILES string of the molecule is CC(=O)CC1CCCN1C(=O)C1CC2CCC1C2. The summed E-state index contributed by atoms with van der Waals surface area (Å²) in [6, 6.07) is 0.203. The van der Waals surface area contributed by atoms with Gasteiger partial charge in [-0.3, -0.25) is 9.59 Å². The Kier molecular flexibility index (Phi) is 3.16. The van der Waals surface area contributed by atoms with Gasteiger partial charge < -0.3 is 4.90 Å². The van der Waals surface area contributed by atoms with Crippen LogP contribution in [0.4, 0.5) is 0 Å². The second-order valence-electron chi connectivity index (χ2n) is 6.52. The quantitative estimate of drug-likeness (QED) is 0.770. The lowest BCUT2D eigenvalue weighted by Crippen LogP contribution is -2.41. The molecule has 3 heteroatoms. The van der Waals surface area contributed by atoms with Gasteiger partial charge in [-0.2, -0.15) is 0 Å². The summed E-state index contributed by atoms with van der Waals surface area (Å²) in [5.74, 6) is 2.34. The first-order chi connectivity index (χ1) is 8.65. The maximum absolute atomic E-state index is 12.6. The Morgan fingerprint density at radius 3 is 2.61 bits per heavy atom. The van der Waals surface area contributed by atoms with Crippen molar-refractivity contribution < 1.29 is 9.59 Å². The molecule has 2 bridgehead atoms. The second-order valence-corrected chi connectivity index (χ2v) is 6.52. The highest BCUT2D eigenvalue weighted by atomic mass is 16.2. The van der Waals surface area contributed by atoms with E-state index in [2.05, 4.69) is 0 Å². The van der Waals surface area contributed by atoms with Crippen LogP contribution in [0, 0.1) is 17.8 Å². The summed E-state index contributed by atoms with van der Waals surface area (Å²) >= 11 is 0. The van der Waals surface area contributed by atoms with E-state index in [0.717, 1.165) is 31.7 Å². The summed E-state index contributed by atoms with van der Waals surface area (Å²) in [7, 11) is 0. The minimum atomic E-state index is 0.203. The number of hydrogen-bond acceptors (Lipinski definition) is 2. The molecule has 18 heavy (non-hydrogen) atoms. The van der Waals surface area contributed by atoms with Gasteiger partial charge in [0.2, 0.25) is 5.91 Å². The number of ketones is 1. The average Bonchev–Trinajstić information content (AvgIpc) is 3.01. The standard InChI is InChI=1S/C15H23NO2/c1-10(17)7-13-3-2-6-16(13)15(18)14-9-11-4-5-12(14)8-11/h11-14H,2-9H2,1H3. The zero-order valence-electron chi connectivity index (χ0n) is 11.2. The van der Waals surface area contributed by atoms with Gasteiger partial charge in [-0.05, 0) is 50.9 Å². The molecular weight excluding hydrogens is 226 g/mol. The third-order valence-corrected chi connectivity index (χ3v) is 5.24. The van der Waals surface area contributed by atoms with Crippen LogP contribution in [0.25, 0.3) is 0 Å². The van der Waals surface area contributed by atoms with Gasteiger partial charge in [0.25, 0.3) is 0 Å². The fraction of sp³-hybridized carbons (Fsp3) is 0.867. The van der Waals surface area contributed by atoms with Crippen molar-refractivity contribution in [2.45, 2.75) is 57.9 Å². The Morgan fingerprint density at radius 1 is 1.17 bits per heavy atom. The van der Waals surface area contributed by atoms with Crippen molar-refractivity contribution in [1.82, 2.24) is 4.90 Å². The number of amides is 1. The van der Waals surface area contributed by atoms with Crippen molar-refractivity contribution in [1.29, 1.82) is 0 Å². The molecule has 0 aromatic rings. The molecule has 1 amide bonds. The molecule has 2 saturated carbocycles. The van der Waals surface area contributed by atoms with E-state index >= 15 is 0 Å². The summed E-state index contributed by atoms with van der Waals surface area (Å²) in [5, 5.41) is 0. The highest BCUT2D eigenvalue weighted by Crippen LogP contribution is 2.49. The molecule has 4 atom stereocenters. The molecule has 3 fully saturated rings. The normalized spacial score (nSPS) is 38.4. The van der Waals surface area contributed by atoms with Crippen LogP contribution >= 0.6 is 0 Å². The summed E-state index contributed by atoms with van der Waals surface area (Å²) in [5.41, 5.74) is 0. The van der Waals surface area contributed by atoms with Crippen molar-refractivity contribution >= 4 is 11.7 Å². The van der Waals surface area contributed by atoms with Crippen molar-refractivity contribution in [2.24, 2.45) is 17.8 Å². The smallest absolute Gasteiger partial charge is 0.226 e. The molecule has 0 aromatic carbocycles. The molecule has 100 valence electrons. The lowest BCUT2D eigenvalue weighted by atomic mass is 9.87. The van der Waals surface area contributed by atoms with Gasteiger partial charge in [0.1, 0.15) is 5.78 Å². The first-order valence-electron chi connectivity index (χ1n) is 7.45. The minimum Gasteiger partial charge on any atom is -0.339 e. The Balaban J connectivity index is 1.66. The minimum absolute atomic E-state index is 0.203. The molecule has 1 saturated heterocycles. The van der Waals surface area contributed by atoms with Gasteiger partial charge in [0.05, 0.1) is 0 Å². The highest BCUT2D eigenvalue weighted by molar-refractivity contribution is 5.82. The number of nitrogens with zero attached hydrogens (tertiary/aromatic N) is 1. The van der Waals surface area contributed by atoms with Crippen LogP contribution in [0.3, 0.4) is 0 Å². The highest BCUT2D eigenvalue weighted by Gasteiger charge is 2.45. The van der Waals surface area contributed by atoms with Gasteiger partial charge in [-0.1, -0.05) is 6.42 Å². The summed E-state index contributed by atoms with van der Waals surface area (Å²) in [6.07, 6.45) is 7.65. The number of rotatable bonds is 3. The van der Waals surface area contributed by atoms with Crippen molar-refractivity contribution in [3.05, 3.63) is 0 Å². The van der Waals surface area contributed by atoms with Gasteiger partial charge in [-0.15, -0.1) is 0 Å².